The highest BCUT2D eigenvalue weighted by molar-refractivity contribution is 6.17. The number of carbonyl (C=O) groups is 1. The van der Waals surface area contributed by atoms with Crippen molar-refractivity contribution in [2.24, 2.45) is 5.92 Å². The Hall–Kier alpha value is -0.280. The maximum absolute atomic E-state index is 11.6. The molecule has 0 aliphatic carbocycles. The minimum absolute atomic E-state index is 0.00750. The molecule has 0 spiro atoms. The zero-order valence-corrected chi connectivity index (χ0v) is 16.9. The molecule has 0 radical (unpaired) electrons. The highest BCUT2D eigenvalue weighted by Gasteiger charge is 2.42. The predicted octanol–water partition coefficient (Wildman–Crippen LogP) is 6.00. The van der Waals surface area contributed by atoms with Crippen LogP contribution >= 0.6 is 11.6 Å². The highest BCUT2D eigenvalue weighted by atomic mass is 35.5. The van der Waals surface area contributed by atoms with Crippen molar-refractivity contribution in [2.75, 3.05) is 5.88 Å². The van der Waals surface area contributed by atoms with Crippen LogP contribution in [0.3, 0.4) is 0 Å². The van der Waals surface area contributed by atoms with Crippen LogP contribution in [-0.2, 0) is 9.53 Å². The smallest absolute Gasteiger partial charge is 0.313 e. The van der Waals surface area contributed by atoms with E-state index in [-0.39, 0.29) is 24.1 Å². The van der Waals surface area contributed by atoms with Crippen LogP contribution in [0.4, 0.5) is 0 Å². The van der Waals surface area contributed by atoms with E-state index < -0.39 is 0 Å². The Bertz CT molecular complexity index is 335. The third kappa shape index (κ3) is 10.5. The van der Waals surface area contributed by atoms with Crippen LogP contribution in [-0.4, -0.2) is 29.2 Å². The summed E-state index contributed by atoms with van der Waals surface area (Å²) >= 11 is 5.67. The fraction of sp³-hybridized carbons (Fsp3) is 0.952. The van der Waals surface area contributed by atoms with Crippen molar-refractivity contribution >= 4 is 17.6 Å². The standard InChI is InChI=1S/C21H39ClO3/c1-2-3-4-5-6-7-8-9-11-14-18(23)17-20-19(21(24)25-20)15-12-10-13-16-22/h18-20,23H,2-17H2,1H3/t18?,19-,20-/m1/s1. The fourth-order valence-corrected chi connectivity index (χ4v) is 3.82. The number of hydrogen-bond donors (Lipinski definition) is 1. The summed E-state index contributed by atoms with van der Waals surface area (Å²) in [5.74, 6) is 0.620. The van der Waals surface area contributed by atoms with E-state index in [4.69, 9.17) is 16.3 Å². The molecule has 1 aliphatic rings. The van der Waals surface area contributed by atoms with Gasteiger partial charge in [0.15, 0.2) is 0 Å². The van der Waals surface area contributed by atoms with E-state index in [0.717, 1.165) is 38.5 Å². The van der Waals surface area contributed by atoms with Crippen LogP contribution in [0.2, 0.25) is 0 Å². The Morgan fingerprint density at radius 1 is 0.960 bits per heavy atom. The summed E-state index contributed by atoms with van der Waals surface area (Å²) in [6.07, 6.45) is 16.7. The van der Waals surface area contributed by atoms with Gasteiger partial charge in [-0.3, -0.25) is 4.79 Å². The molecular formula is C21H39ClO3. The van der Waals surface area contributed by atoms with E-state index in [1.807, 2.05) is 0 Å². The van der Waals surface area contributed by atoms with E-state index in [2.05, 4.69) is 6.92 Å². The summed E-state index contributed by atoms with van der Waals surface area (Å²) in [4.78, 5) is 11.6. The van der Waals surface area contributed by atoms with E-state index in [1.165, 1.54) is 51.4 Å². The molecule has 1 saturated heterocycles. The Morgan fingerprint density at radius 2 is 1.56 bits per heavy atom. The van der Waals surface area contributed by atoms with E-state index in [0.29, 0.717) is 12.3 Å². The summed E-state index contributed by atoms with van der Waals surface area (Å²) < 4.78 is 5.25. The number of alkyl halides is 1. The minimum atomic E-state index is -0.326. The van der Waals surface area contributed by atoms with Crippen LogP contribution < -0.4 is 0 Å². The first-order chi connectivity index (χ1) is 12.2. The van der Waals surface area contributed by atoms with Gasteiger partial charge in [0.2, 0.25) is 0 Å². The third-order valence-electron chi connectivity index (χ3n) is 5.31. The van der Waals surface area contributed by atoms with Gasteiger partial charge in [-0.2, -0.15) is 0 Å². The Kier molecular flexibility index (Phi) is 13.5. The van der Waals surface area contributed by atoms with Crippen molar-refractivity contribution in [3.8, 4) is 0 Å². The normalized spacial score (nSPS) is 21.0. The first kappa shape index (κ1) is 22.8. The summed E-state index contributed by atoms with van der Waals surface area (Å²) in [5.41, 5.74) is 0. The van der Waals surface area contributed by atoms with Gasteiger partial charge < -0.3 is 9.84 Å². The van der Waals surface area contributed by atoms with E-state index in [1.54, 1.807) is 0 Å². The number of cyclic esters (lactones) is 1. The number of hydrogen-bond acceptors (Lipinski definition) is 3. The molecule has 0 saturated carbocycles. The molecule has 1 fully saturated rings. The molecule has 0 aromatic rings. The van der Waals surface area contributed by atoms with E-state index in [9.17, 15) is 9.90 Å². The minimum Gasteiger partial charge on any atom is -0.461 e. The maximum Gasteiger partial charge on any atom is 0.313 e. The molecule has 0 bridgehead atoms. The number of carbonyl (C=O) groups excluding carboxylic acids is 1. The van der Waals surface area contributed by atoms with Crippen molar-refractivity contribution < 1.29 is 14.6 Å². The molecule has 1 unspecified atom stereocenters. The molecule has 1 N–H and O–H groups in total. The van der Waals surface area contributed by atoms with Gasteiger partial charge in [0.1, 0.15) is 6.10 Å². The fourth-order valence-electron chi connectivity index (χ4n) is 3.63. The van der Waals surface area contributed by atoms with Gasteiger partial charge in [-0.25, -0.2) is 0 Å². The summed E-state index contributed by atoms with van der Waals surface area (Å²) in [6.45, 7) is 2.25. The van der Waals surface area contributed by atoms with Crippen molar-refractivity contribution in [3.63, 3.8) is 0 Å². The van der Waals surface area contributed by atoms with Gasteiger partial charge >= 0.3 is 5.97 Å². The van der Waals surface area contributed by atoms with Crippen molar-refractivity contribution in [3.05, 3.63) is 0 Å². The van der Waals surface area contributed by atoms with Gasteiger partial charge in [-0.15, -0.1) is 11.6 Å². The quantitative estimate of drug-likeness (QED) is 0.193. The second kappa shape index (κ2) is 14.8. The maximum atomic E-state index is 11.6. The van der Waals surface area contributed by atoms with Crippen molar-refractivity contribution in [2.45, 2.75) is 115 Å². The second-order valence-corrected chi connectivity index (χ2v) is 8.00. The van der Waals surface area contributed by atoms with Gasteiger partial charge in [0.25, 0.3) is 0 Å². The van der Waals surface area contributed by atoms with Crippen molar-refractivity contribution in [1.82, 2.24) is 0 Å². The summed E-state index contributed by atoms with van der Waals surface area (Å²) in [7, 11) is 0. The van der Waals surface area contributed by atoms with Gasteiger partial charge in [-0.1, -0.05) is 77.6 Å². The van der Waals surface area contributed by atoms with Gasteiger partial charge in [0, 0.05) is 12.3 Å². The van der Waals surface area contributed by atoms with Crippen LogP contribution in [0, 0.1) is 5.92 Å². The lowest BCUT2D eigenvalue weighted by Gasteiger charge is -2.36. The zero-order valence-electron chi connectivity index (χ0n) is 16.2. The van der Waals surface area contributed by atoms with Gasteiger partial charge in [-0.05, 0) is 19.3 Å². The predicted molar refractivity (Wildman–Crippen MR) is 105 cm³/mol. The molecular weight excluding hydrogens is 336 g/mol. The lowest BCUT2D eigenvalue weighted by Crippen LogP contribution is -2.46. The lowest BCUT2D eigenvalue weighted by molar-refractivity contribution is -0.188. The highest BCUT2D eigenvalue weighted by Crippen LogP contribution is 2.31. The number of rotatable bonds is 17. The lowest BCUT2D eigenvalue weighted by atomic mass is 9.86. The average Bonchev–Trinajstić information content (AvgIpc) is 2.59. The SMILES string of the molecule is CCCCCCCCCCCC(O)C[C@H]1OC(=O)[C@@H]1CCCCCCl. The Morgan fingerprint density at radius 3 is 2.16 bits per heavy atom. The Labute approximate surface area is 159 Å². The number of halogens is 1. The first-order valence-corrected chi connectivity index (χ1v) is 11.2. The van der Waals surface area contributed by atoms with Crippen LogP contribution in [0.5, 0.6) is 0 Å². The molecule has 0 aromatic carbocycles. The summed E-state index contributed by atoms with van der Waals surface area (Å²) in [5, 5.41) is 10.2. The van der Waals surface area contributed by atoms with Crippen molar-refractivity contribution in [1.29, 1.82) is 0 Å². The molecule has 0 aromatic heterocycles. The molecule has 3 nitrogen and oxygen atoms in total. The first-order valence-electron chi connectivity index (χ1n) is 10.6. The third-order valence-corrected chi connectivity index (χ3v) is 5.58. The summed E-state index contributed by atoms with van der Waals surface area (Å²) in [6, 6.07) is 0. The Balaban J connectivity index is 1.98. The van der Waals surface area contributed by atoms with E-state index >= 15 is 0 Å². The molecule has 1 aliphatic heterocycles. The average molecular weight is 375 g/mol. The molecule has 3 atom stereocenters. The second-order valence-electron chi connectivity index (χ2n) is 7.63. The van der Waals surface area contributed by atoms with Crippen LogP contribution in [0.15, 0.2) is 0 Å². The number of ether oxygens (including phenoxy) is 1. The number of unbranched alkanes of at least 4 members (excludes halogenated alkanes) is 10. The molecule has 1 rings (SSSR count). The van der Waals surface area contributed by atoms with Gasteiger partial charge in [0.05, 0.1) is 12.0 Å². The number of aliphatic hydroxyl groups is 1. The topological polar surface area (TPSA) is 46.5 Å². The molecule has 25 heavy (non-hydrogen) atoms. The zero-order chi connectivity index (χ0) is 18.3. The molecule has 0 amide bonds. The molecule has 148 valence electrons. The monoisotopic (exact) mass is 374 g/mol. The largest absolute Gasteiger partial charge is 0.461 e. The van der Waals surface area contributed by atoms with Crippen LogP contribution in [0.1, 0.15) is 103 Å². The molecule has 1 heterocycles. The number of esters is 1. The van der Waals surface area contributed by atoms with Crippen LogP contribution in [0.25, 0.3) is 0 Å². The number of aliphatic hydroxyl groups excluding tert-OH is 1. The molecule has 4 heteroatoms.